The smallest absolute Gasteiger partial charge is 0.295 e. The van der Waals surface area contributed by atoms with E-state index in [1.807, 2.05) is 23.5 Å². The number of para-hydroxylation sites is 8. The molecule has 0 unspecified atom stereocenters. The number of hydrogen-bond acceptors (Lipinski definition) is 2. The Morgan fingerprint density at radius 3 is 1.26 bits per heavy atom. The van der Waals surface area contributed by atoms with Gasteiger partial charge < -0.3 is 4.42 Å². The highest BCUT2D eigenvalue weighted by molar-refractivity contribution is 7.26. The van der Waals surface area contributed by atoms with Crippen LogP contribution in [-0.4, -0.2) is 22.7 Å². The molecule has 0 saturated heterocycles. The Morgan fingerprint density at radius 2 is 0.705 bits per heavy atom. The normalized spacial score (nSPS) is 11.4. The van der Waals surface area contributed by atoms with Crippen LogP contribution >= 0.6 is 11.3 Å². The minimum absolute atomic E-state index is 0.939. The molecular formula is C120H113N10OS+5. The minimum atomic E-state index is 0.939. The summed E-state index contributed by atoms with van der Waals surface area (Å²) in [6.45, 7) is 30.7. The molecule has 0 radical (unpaired) electrons. The van der Waals surface area contributed by atoms with Gasteiger partial charge in [-0.15, -0.1) is 11.3 Å². The Morgan fingerprint density at radius 1 is 0.295 bits per heavy atom. The van der Waals surface area contributed by atoms with Crippen molar-refractivity contribution >= 4 is 103 Å². The SMILES string of the molecule is Cc1cccc(C)c1-c1c[n+](C)c2c3c(C)cccc3c3ccccc3n12.Cc1ccccc1-c1n(-c2c(C)cc3c(oc4ccccc43)c2C)cc[n+]1C.Cc1ccccc1-c1n(-c2c(C)cc3c(sc4ccccc43)c2C)cc[n+]1C.Cc1ccccc1-c1n(-c2c(C)cccc2C)c2ccccc2[n+]1C.Cc1ccccc1-c1n(-c2ccccc2C)c2ccccc2[n+]1C. The number of thiophene rings is 1. The summed E-state index contributed by atoms with van der Waals surface area (Å²) >= 11 is 1.90. The standard InChI is InChI=1S/C25H23N2O.C25H23N2S.C25H23N2.C23H23N2.C22H21N2/c2*1-16-9-5-6-10-19(16)25-26(4)13-14-27(25)23-17(2)15-21-20-11-7-8-12-22(20)28-24(21)18(23)3;1-16-9-7-10-17(2)23(16)22-15-26(4)25-24-18(3)11-8-13-20(24)19-12-5-6-14-21(19)27(22)25;1-16-10-5-6-13-19(16)23-24(4)20-14-7-8-15-21(20)25(23)22-17(2)11-9-12-18(22)3;1-16-10-4-6-12-18(16)22-23(3)20-14-8-9-15-21(20)24(22)19-13-7-5-11-17(19)2/h2*5-15H,1-4H3;5-15H,1-4H3;5-15H,1-4H3;4-15H,1-3H3/q5*+1. The molecule has 0 aliphatic carbocycles. The maximum absolute atomic E-state index is 6.26. The average Bonchev–Trinajstić information content (AvgIpc) is 1.58. The van der Waals surface area contributed by atoms with E-state index in [9.17, 15) is 0 Å². The van der Waals surface area contributed by atoms with E-state index < -0.39 is 0 Å². The summed E-state index contributed by atoms with van der Waals surface area (Å²) in [6, 6.07) is 110. The minimum Gasteiger partial charge on any atom is -0.456 e. The summed E-state index contributed by atoms with van der Waals surface area (Å²) < 4.78 is 32.2. The third-order valence-electron chi connectivity index (χ3n) is 27.0. The van der Waals surface area contributed by atoms with Gasteiger partial charge >= 0.3 is 0 Å². The van der Waals surface area contributed by atoms with Gasteiger partial charge in [-0.1, -0.05) is 224 Å². The van der Waals surface area contributed by atoms with Crippen LogP contribution in [0.1, 0.15) is 77.9 Å². The van der Waals surface area contributed by atoms with E-state index in [1.165, 1.54) is 232 Å². The van der Waals surface area contributed by atoms with Gasteiger partial charge in [0.1, 0.15) is 70.4 Å². The summed E-state index contributed by atoms with van der Waals surface area (Å²) in [6.07, 6.45) is 10.9. The number of pyridine rings is 1. The van der Waals surface area contributed by atoms with Crippen molar-refractivity contribution in [3.05, 3.63) is 418 Å². The monoisotopic (exact) mass is 1740 g/mol. The van der Waals surface area contributed by atoms with Crippen LogP contribution in [0.3, 0.4) is 0 Å². The molecule has 12 heteroatoms. The highest BCUT2D eigenvalue weighted by Crippen LogP contribution is 2.44. The number of aromatic nitrogens is 10. The van der Waals surface area contributed by atoms with Crippen molar-refractivity contribution in [1.29, 1.82) is 0 Å². The Labute approximate surface area is 777 Å². The van der Waals surface area contributed by atoms with Crippen molar-refractivity contribution in [3.63, 3.8) is 0 Å². The quantitative estimate of drug-likeness (QED) is 0.105. The molecule has 0 amide bonds. The maximum atomic E-state index is 6.26. The van der Waals surface area contributed by atoms with Gasteiger partial charge in [0.05, 0.1) is 62.9 Å². The van der Waals surface area contributed by atoms with Crippen LogP contribution in [0.5, 0.6) is 0 Å². The molecule has 0 spiro atoms. The summed E-state index contributed by atoms with van der Waals surface area (Å²) in [5.41, 5.74) is 39.9. The number of nitrogens with zero attached hydrogens (tertiary/aromatic N) is 10. The molecule has 23 aromatic rings. The number of rotatable bonds is 9. The van der Waals surface area contributed by atoms with Crippen LogP contribution in [0.15, 0.2) is 345 Å². The fourth-order valence-electron chi connectivity index (χ4n) is 20.6. The van der Waals surface area contributed by atoms with Crippen molar-refractivity contribution in [3.8, 4) is 79.6 Å². The highest BCUT2D eigenvalue weighted by atomic mass is 32.1. The molecule has 0 N–H and O–H groups in total. The first-order valence-electron chi connectivity index (χ1n) is 45.7. The van der Waals surface area contributed by atoms with E-state index in [0.29, 0.717) is 0 Å². The van der Waals surface area contributed by atoms with Crippen molar-refractivity contribution in [1.82, 2.24) is 22.7 Å². The Kier molecular flexibility index (Phi) is 23.1. The van der Waals surface area contributed by atoms with Gasteiger partial charge in [-0.3, -0.25) is 0 Å². The number of fused-ring (bicyclic) bond motifs is 14. The third kappa shape index (κ3) is 15.0. The first kappa shape index (κ1) is 86.3. The van der Waals surface area contributed by atoms with Crippen molar-refractivity contribution in [2.24, 2.45) is 35.2 Å². The topological polar surface area (TPSA) is 56.7 Å². The molecule has 15 aromatic carbocycles. The van der Waals surface area contributed by atoms with Crippen molar-refractivity contribution in [2.45, 2.75) is 96.9 Å². The number of hydrogen-bond donors (Lipinski definition) is 0. The summed E-state index contributed by atoms with van der Waals surface area (Å²) in [5.74, 6) is 4.81. The molecule has 0 aliphatic rings. The van der Waals surface area contributed by atoms with E-state index in [4.69, 9.17) is 4.42 Å². The van der Waals surface area contributed by atoms with Gasteiger partial charge in [-0.2, -0.15) is 22.7 Å². The first-order chi connectivity index (χ1) is 64.0. The molecule has 132 heavy (non-hydrogen) atoms. The fourth-order valence-corrected chi connectivity index (χ4v) is 21.8. The number of furan rings is 1. The molecule has 11 nitrogen and oxygen atoms in total. The van der Waals surface area contributed by atoms with Gasteiger partial charge in [-0.05, 0) is 249 Å². The number of benzene rings is 15. The van der Waals surface area contributed by atoms with Crippen LogP contribution in [-0.2, 0) is 35.2 Å². The molecule has 0 saturated carbocycles. The lowest BCUT2D eigenvalue weighted by atomic mass is 9.99. The molecule has 8 heterocycles. The maximum Gasteiger partial charge on any atom is 0.295 e. The van der Waals surface area contributed by atoms with E-state index in [0.717, 1.165) is 16.7 Å². The first-order valence-corrected chi connectivity index (χ1v) is 46.5. The summed E-state index contributed by atoms with van der Waals surface area (Å²) in [7, 11) is 10.7. The Bertz CT molecular complexity index is 8220. The van der Waals surface area contributed by atoms with Crippen LogP contribution in [0, 0.1) is 96.9 Å². The lowest BCUT2D eigenvalue weighted by molar-refractivity contribution is -0.659. The third-order valence-corrected chi connectivity index (χ3v) is 28.3. The number of aryl methyl sites for hydroxylation is 19. The van der Waals surface area contributed by atoms with Crippen molar-refractivity contribution in [2.75, 3.05) is 0 Å². The van der Waals surface area contributed by atoms with Gasteiger partial charge in [0.2, 0.25) is 0 Å². The van der Waals surface area contributed by atoms with Crippen molar-refractivity contribution < 1.29 is 27.3 Å². The van der Waals surface area contributed by atoms with Crippen LogP contribution in [0.4, 0.5) is 0 Å². The molecule has 8 aromatic heterocycles. The lowest BCUT2D eigenvalue weighted by Gasteiger charge is -2.11. The Hall–Kier alpha value is -15.1. The predicted octanol–water partition coefficient (Wildman–Crippen LogP) is 27.5. The fraction of sp³-hybridized carbons (Fsp3) is 0.158. The zero-order valence-corrected chi connectivity index (χ0v) is 79.9. The van der Waals surface area contributed by atoms with Gasteiger partial charge in [0.25, 0.3) is 28.9 Å². The predicted molar refractivity (Wildman–Crippen MR) is 550 cm³/mol. The van der Waals surface area contributed by atoms with E-state index in [1.54, 1.807) is 0 Å². The largest absolute Gasteiger partial charge is 0.456 e. The zero-order valence-electron chi connectivity index (χ0n) is 79.1. The lowest BCUT2D eigenvalue weighted by Crippen LogP contribution is -2.30. The zero-order chi connectivity index (χ0) is 91.8. The second-order valence-electron chi connectivity index (χ2n) is 35.8. The summed E-state index contributed by atoms with van der Waals surface area (Å²) in [4.78, 5) is 0. The molecular weight excluding hydrogens is 1630 g/mol. The van der Waals surface area contributed by atoms with E-state index >= 15 is 0 Å². The van der Waals surface area contributed by atoms with Gasteiger partial charge in [0, 0.05) is 58.4 Å². The van der Waals surface area contributed by atoms with Crippen LogP contribution in [0.25, 0.3) is 171 Å². The van der Waals surface area contributed by atoms with E-state index in [2.05, 4.69) is 506 Å². The molecule has 0 fully saturated rings. The molecule has 0 bridgehead atoms. The van der Waals surface area contributed by atoms with E-state index in [-0.39, 0.29) is 0 Å². The molecule has 650 valence electrons. The summed E-state index contributed by atoms with van der Waals surface area (Å²) in [5, 5.41) is 9.03. The molecule has 23 rings (SSSR count). The second kappa shape index (κ2) is 35.4. The number of imidazole rings is 5. The molecule has 0 atom stereocenters. The van der Waals surface area contributed by atoms with Gasteiger partial charge in [-0.25, -0.2) is 22.8 Å². The highest BCUT2D eigenvalue weighted by Gasteiger charge is 2.34. The average molecular weight is 1740 g/mol. The Balaban J connectivity index is 0.000000107. The second-order valence-corrected chi connectivity index (χ2v) is 36.8. The van der Waals surface area contributed by atoms with Crippen LogP contribution < -0.4 is 22.8 Å². The molecule has 0 aliphatic heterocycles. The van der Waals surface area contributed by atoms with Crippen LogP contribution in [0.2, 0.25) is 0 Å². The van der Waals surface area contributed by atoms with Gasteiger partial charge in [0.15, 0.2) is 27.8 Å².